The second kappa shape index (κ2) is 323. The Labute approximate surface area is 68.3 Å². The van der Waals surface area contributed by atoms with Crippen LogP contribution in [-0.2, 0) is 21.1 Å². The van der Waals surface area contributed by atoms with Crippen LogP contribution in [0.4, 0.5) is 0 Å². The van der Waals surface area contributed by atoms with Gasteiger partial charge in [-0.2, -0.15) is 0 Å². The zero-order valence-corrected chi connectivity index (χ0v) is 6.89. The van der Waals surface area contributed by atoms with E-state index in [1.54, 1.807) is 0 Å². The van der Waals surface area contributed by atoms with E-state index in [-0.39, 0.29) is 49.3 Å². The smallest absolute Gasteiger partial charge is 0.177 e. The van der Waals surface area contributed by atoms with Gasteiger partial charge in [-0.1, -0.05) is 0 Å². The summed E-state index contributed by atoms with van der Waals surface area (Å²) in [4.78, 5) is 7.10. The first-order chi connectivity index (χ1) is 1.41. The monoisotopic (exact) mass is 232 g/mol. The summed E-state index contributed by atoms with van der Waals surface area (Å²) in [5, 5.41) is 0. The SMILES string of the molecule is O.O.O.O.O.O.O=[PH2]O.[Ni]. The van der Waals surface area contributed by atoms with E-state index in [9.17, 15) is 0 Å². The molecule has 0 bridgehead atoms. The van der Waals surface area contributed by atoms with E-state index in [0.717, 1.165) is 0 Å². The zero-order chi connectivity index (χ0) is 2.71. The molecule has 1 atom stereocenters. The summed E-state index contributed by atoms with van der Waals surface area (Å²) in [5.41, 5.74) is 0. The Bertz CT molecular complexity index is 16.7. The summed E-state index contributed by atoms with van der Waals surface area (Å²) in [6, 6.07) is 0. The number of hydrogen-bond donors (Lipinski definition) is 1. The minimum absolute atomic E-state index is 0. The molecule has 0 aromatic carbocycles. The average molecular weight is 233 g/mol. The largest absolute Gasteiger partial charge is 0.412 e. The molecule has 13 N–H and O–H groups in total. The molecule has 0 saturated carbocycles. The van der Waals surface area contributed by atoms with Crippen molar-refractivity contribution in [2.45, 2.75) is 0 Å². The maximum absolute atomic E-state index is 8.57. The van der Waals surface area contributed by atoms with Gasteiger partial charge in [-0.3, -0.25) is 4.57 Å². The summed E-state index contributed by atoms with van der Waals surface area (Å²) in [7, 11) is -1.50. The fraction of sp³-hybridized carbons (Fsp3) is 0. The third-order valence-electron chi connectivity index (χ3n) is 0. The minimum Gasteiger partial charge on any atom is -0.412 e. The molecule has 0 fully saturated rings. The van der Waals surface area contributed by atoms with Crippen LogP contribution >= 0.6 is 8.69 Å². The fourth-order valence-electron chi connectivity index (χ4n) is 0. The van der Waals surface area contributed by atoms with Gasteiger partial charge in [0.1, 0.15) is 0 Å². The first-order valence-electron chi connectivity index (χ1n) is 0.494. The summed E-state index contributed by atoms with van der Waals surface area (Å²) in [5.74, 6) is 0. The third-order valence-corrected chi connectivity index (χ3v) is 0. The van der Waals surface area contributed by atoms with Gasteiger partial charge in [0.05, 0.1) is 0 Å². The van der Waals surface area contributed by atoms with Gasteiger partial charge < -0.3 is 37.8 Å². The second-order valence-corrected chi connectivity index (χ2v) is 0.316. The summed E-state index contributed by atoms with van der Waals surface area (Å²) >= 11 is 0. The summed E-state index contributed by atoms with van der Waals surface area (Å²) in [6.07, 6.45) is 0. The van der Waals surface area contributed by atoms with Gasteiger partial charge in [-0.05, 0) is 0 Å². The first-order valence-corrected chi connectivity index (χ1v) is 1.48. The standard InChI is InChI=1S/Ni.H3O2P.6H2O/c;1-3-2;;;;;;/h;3H2,(H,1,2);6*1H2. The van der Waals surface area contributed by atoms with Crippen molar-refractivity contribution in [3.8, 4) is 0 Å². The van der Waals surface area contributed by atoms with Crippen molar-refractivity contribution >= 4 is 8.69 Å². The van der Waals surface area contributed by atoms with Crippen molar-refractivity contribution in [3.05, 3.63) is 0 Å². The van der Waals surface area contributed by atoms with Crippen LogP contribution in [0.5, 0.6) is 0 Å². The molecule has 0 aromatic heterocycles. The number of rotatable bonds is 0. The second-order valence-electron chi connectivity index (χ2n) is 0.105. The van der Waals surface area contributed by atoms with Crippen LogP contribution in [0.1, 0.15) is 0 Å². The molecule has 0 aliphatic heterocycles. The molecule has 0 saturated heterocycles. The topological polar surface area (TPSA) is 226 Å². The molecule has 0 aliphatic carbocycles. The Morgan fingerprint density at radius 1 is 0.800 bits per heavy atom. The van der Waals surface area contributed by atoms with E-state index in [1.165, 1.54) is 0 Å². The van der Waals surface area contributed by atoms with Crippen LogP contribution in [0.25, 0.3) is 0 Å². The molecule has 8 nitrogen and oxygen atoms in total. The minimum atomic E-state index is -1.50. The van der Waals surface area contributed by atoms with Crippen molar-refractivity contribution in [2.24, 2.45) is 0 Å². The molecular weight excluding hydrogens is 218 g/mol. The fourth-order valence-corrected chi connectivity index (χ4v) is 0. The van der Waals surface area contributed by atoms with Crippen molar-refractivity contribution in [3.63, 3.8) is 0 Å². The van der Waals surface area contributed by atoms with Gasteiger partial charge in [-0.15, -0.1) is 0 Å². The third kappa shape index (κ3) is 2380. The average Bonchev–Trinajstić information content (AvgIpc) is 0.918. The normalized spacial score (nSPS) is 2.90. The quantitative estimate of drug-likeness (QED) is 0.319. The molecule has 0 rings (SSSR count). The van der Waals surface area contributed by atoms with Crippen LogP contribution in [0.3, 0.4) is 0 Å². The molecule has 0 amide bonds. The van der Waals surface area contributed by atoms with E-state index >= 15 is 0 Å². The van der Waals surface area contributed by atoms with E-state index < -0.39 is 8.69 Å². The van der Waals surface area contributed by atoms with Gasteiger partial charge in [0.2, 0.25) is 0 Å². The molecule has 10 heavy (non-hydrogen) atoms. The molecule has 0 heterocycles. The Morgan fingerprint density at radius 2 is 0.800 bits per heavy atom. The van der Waals surface area contributed by atoms with E-state index in [4.69, 9.17) is 9.46 Å². The van der Waals surface area contributed by atoms with Crippen LogP contribution in [0.2, 0.25) is 0 Å². The van der Waals surface area contributed by atoms with Crippen LogP contribution in [-0.4, -0.2) is 37.8 Å². The molecular formula is H15NiO8P. The molecule has 0 aromatic rings. The van der Waals surface area contributed by atoms with Gasteiger partial charge in [0.15, 0.2) is 8.69 Å². The van der Waals surface area contributed by atoms with Crippen molar-refractivity contribution in [2.75, 3.05) is 0 Å². The zero-order valence-electron chi connectivity index (χ0n) is 4.75. The number of hydrogen-bond acceptors (Lipinski definition) is 1. The predicted molar refractivity (Wildman–Crippen MR) is 34.3 cm³/mol. The molecule has 0 aliphatic rings. The van der Waals surface area contributed by atoms with Gasteiger partial charge in [0, 0.05) is 16.5 Å². The Morgan fingerprint density at radius 3 is 0.800 bits per heavy atom. The van der Waals surface area contributed by atoms with Gasteiger partial charge in [-0.25, -0.2) is 0 Å². The van der Waals surface area contributed by atoms with E-state index in [0.29, 0.717) is 0 Å². The predicted octanol–water partition coefficient (Wildman–Crippen LogP) is -5.30. The van der Waals surface area contributed by atoms with E-state index in [2.05, 4.69) is 0 Å². The molecule has 1 unspecified atom stereocenters. The van der Waals surface area contributed by atoms with Gasteiger partial charge >= 0.3 is 0 Å². The molecule has 0 spiro atoms. The van der Waals surface area contributed by atoms with E-state index in [1.807, 2.05) is 0 Å². The van der Waals surface area contributed by atoms with Crippen molar-refractivity contribution < 1.29 is 58.8 Å². The maximum atomic E-state index is 8.57. The van der Waals surface area contributed by atoms with Gasteiger partial charge in [0.25, 0.3) is 0 Å². The molecule has 10 heteroatoms. The van der Waals surface area contributed by atoms with Crippen LogP contribution in [0.15, 0.2) is 0 Å². The molecule has 0 radical (unpaired) electrons. The Kier molecular flexibility index (Phi) is 5040. The first kappa shape index (κ1) is 156. The van der Waals surface area contributed by atoms with Crippen LogP contribution < -0.4 is 0 Å². The molecule has 78 valence electrons. The van der Waals surface area contributed by atoms with Crippen molar-refractivity contribution in [1.29, 1.82) is 0 Å². The maximum Gasteiger partial charge on any atom is 0.177 e. The Balaban J connectivity index is -0.000000000952. The van der Waals surface area contributed by atoms with Crippen molar-refractivity contribution in [1.82, 2.24) is 0 Å². The van der Waals surface area contributed by atoms with Crippen LogP contribution in [0, 0.1) is 0 Å². The summed E-state index contributed by atoms with van der Waals surface area (Å²) in [6.45, 7) is 0. The summed E-state index contributed by atoms with van der Waals surface area (Å²) < 4.78 is 8.57. The Hall–Kier alpha value is 0.444.